The lowest BCUT2D eigenvalue weighted by Gasteiger charge is -2.05. The van der Waals surface area contributed by atoms with Gasteiger partial charge in [-0.2, -0.15) is 5.10 Å². The summed E-state index contributed by atoms with van der Waals surface area (Å²) in [6, 6.07) is 4.66. The van der Waals surface area contributed by atoms with E-state index in [1.165, 1.54) is 21.6 Å². The van der Waals surface area contributed by atoms with Crippen LogP contribution >= 0.6 is 0 Å². The van der Waals surface area contributed by atoms with Crippen LogP contribution in [0.15, 0.2) is 29.3 Å². The number of nitrogens with zero attached hydrogens (tertiary/aromatic N) is 4. The Labute approximate surface area is 108 Å². The second kappa shape index (κ2) is 4.92. The third-order valence-electron chi connectivity index (χ3n) is 2.75. The molecule has 1 heterocycles. The largest absolute Gasteiger partial charge is 0.383 e. The maximum atomic E-state index is 11.6. The number of anilines is 1. The molecule has 1 aromatic heterocycles. The molecule has 0 aliphatic carbocycles. The number of hydrogen-bond acceptors (Lipinski definition) is 5. The van der Waals surface area contributed by atoms with E-state index in [0.717, 1.165) is 5.56 Å². The first-order chi connectivity index (χ1) is 9.02. The molecule has 0 radical (unpaired) electrons. The van der Waals surface area contributed by atoms with Crippen molar-refractivity contribution < 1.29 is 4.92 Å². The minimum absolute atomic E-state index is 0.000354. The minimum Gasteiger partial charge on any atom is -0.383 e. The van der Waals surface area contributed by atoms with Crippen molar-refractivity contribution in [2.24, 2.45) is 7.05 Å². The van der Waals surface area contributed by atoms with Crippen LogP contribution in [-0.2, 0) is 13.6 Å². The molecule has 0 atom stereocenters. The van der Waals surface area contributed by atoms with Crippen LogP contribution in [0.5, 0.6) is 0 Å². The van der Waals surface area contributed by atoms with Crippen LogP contribution in [0.3, 0.4) is 0 Å². The first kappa shape index (κ1) is 12.8. The van der Waals surface area contributed by atoms with Crippen molar-refractivity contribution in [3.8, 4) is 0 Å². The highest BCUT2D eigenvalue weighted by Crippen LogP contribution is 2.24. The predicted octanol–water partition coefficient (Wildman–Crippen LogP) is 0.580. The van der Waals surface area contributed by atoms with Crippen molar-refractivity contribution in [3.63, 3.8) is 0 Å². The van der Waals surface area contributed by atoms with Crippen LogP contribution in [0, 0.1) is 10.1 Å². The van der Waals surface area contributed by atoms with Crippen LogP contribution in [0.4, 0.5) is 11.4 Å². The van der Waals surface area contributed by atoms with Crippen LogP contribution in [0.1, 0.15) is 5.56 Å². The molecule has 0 spiro atoms. The molecule has 1 N–H and O–H groups in total. The maximum Gasteiger partial charge on any atom is 0.345 e. The van der Waals surface area contributed by atoms with Gasteiger partial charge in [0.25, 0.3) is 5.69 Å². The van der Waals surface area contributed by atoms with Gasteiger partial charge in [0.2, 0.25) is 0 Å². The highest BCUT2D eigenvalue weighted by molar-refractivity contribution is 5.62. The average molecular weight is 263 g/mol. The van der Waals surface area contributed by atoms with Gasteiger partial charge in [0, 0.05) is 20.2 Å². The lowest BCUT2D eigenvalue weighted by Crippen LogP contribution is -2.23. The first-order valence-corrected chi connectivity index (χ1v) is 5.56. The Morgan fingerprint density at radius 2 is 2.21 bits per heavy atom. The molecule has 0 bridgehead atoms. The van der Waals surface area contributed by atoms with Gasteiger partial charge in [0.15, 0.2) is 0 Å². The molecule has 0 aliphatic rings. The fourth-order valence-corrected chi connectivity index (χ4v) is 1.74. The third-order valence-corrected chi connectivity index (χ3v) is 2.75. The van der Waals surface area contributed by atoms with E-state index in [-0.39, 0.29) is 17.9 Å². The molecule has 0 saturated heterocycles. The second-order valence-electron chi connectivity index (χ2n) is 4.04. The quantitative estimate of drug-likeness (QED) is 0.643. The fraction of sp³-hybridized carbons (Fsp3) is 0.273. The summed E-state index contributed by atoms with van der Waals surface area (Å²) < 4.78 is 2.66. The van der Waals surface area contributed by atoms with Crippen LogP contribution in [0.25, 0.3) is 0 Å². The van der Waals surface area contributed by atoms with Gasteiger partial charge in [-0.3, -0.25) is 14.7 Å². The molecule has 0 fully saturated rings. The molecule has 0 amide bonds. The number of aromatic nitrogens is 3. The molecule has 0 saturated carbocycles. The van der Waals surface area contributed by atoms with E-state index in [0.29, 0.717) is 5.69 Å². The van der Waals surface area contributed by atoms with Gasteiger partial charge in [-0.05, 0) is 11.6 Å². The molecule has 2 rings (SSSR count). The van der Waals surface area contributed by atoms with Gasteiger partial charge in [-0.1, -0.05) is 6.07 Å². The highest BCUT2D eigenvalue weighted by Gasteiger charge is 2.13. The standard InChI is InChI=1S/C11H13N5O3/c1-12-9-5-8(3-4-10(9)16(18)19)6-15-11(17)14(2)7-13-15/h3-5,7,12H,6H2,1-2H3. The summed E-state index contributed by atoms with van der Waals surface area (Å²) in [6.45, 7) is 0.270. The fourth-order valence-electron chi connectivity index (χ4n) is 1.74. The summed E-state index contributed by atoms with van der Waals surface area (Å²) in [6.07, 6.45) is 1.42. The van der Waals surface area contributed by atoms with E-state index in [2.05, 4.69) is 10.4 Å². The molecule has 0 unspecified atom stereocenters. The Hall–Kier alpha value is -2.64. The van der Waals surface area contributed by atoms with E-state index < -0.39 is 4.92 Å². The van der Waals surface area contributed by atoms with Gasteiger partial charge in [0.05, 0.1) is 11.5 Å². The zero-order valence-corrected chi connectivity index (χ0v) is 10.5. The summed E-state index contributed by atoms with van der Waals surface area (Å²) in [5.74, 6) is 0. The van der Waals surface area contributed by atoms with Crippen molar-refractivity contribution in [2.75, 3.05) is 12.4 Å². The molecular formula is C11H13N5O3. The van der Waals surface area contributed by atoms with E-state index in [4.69, 9.17) is 0 Å². The summed E-state index contributed by atoms with van der Waals surface area (Å²) in [4.78, 5) is 22.0. The van der Waals surface area contributed by atoms with Gasteiger partial charge >= 0.3 is 5.69 Å². The SMILES string of the molecule is CNc1cc(Cn2ncn(C)c2=O)ccc1[N+](=O)[O-]. The molecule has 2 aromatic rings. The zero-order chi connectivity index (χ0) is 14.0. The van der Waals surface area contributed by atoms with E-state index in [9.17, 15) is 14.9 Å². The normalized spacial score (nSPS) is 10.4. The molecule has 1 aromatic carbocycles. The Balaban J connectivity index is 2.34. The van der Waals surface area contributed by atoms with Crippen molar-refractivity contribution in [2.45, 2.75) is 6.54 Å². The van der Waals surface area contributed by atoms with Gasteiger partial charge < -0.3 is 5.32 Å². The highest BCUT2D eigenvalue weighted by atomic mass is 16.6. The second-order valence-corrected chi connectivity index (χ2v) is 4.04. The smallest absolute Gasteiger partial charge is 0.345 e. The Morgan fingerprint density at radius 1 is 1.47 bits per heavy atom. The number of nitrogens with one attached hydrogen (secondary N) is 1. The number of benzene rings is 1. The summed E-state index contributed by atoms with van der Waals surface area (Å²) >= 11 is 0. The molecule has 19 heavy (non-hydrogen) atoms. The molecule has 100 valence electrons. The maximum absolute atomic E-state index is 11.6. The van der Waals surface area contributed by atoms with Crippen LogP contribution in [-0.4, -0.2) is 26.3 Å². The molecule has 0 aliphatic heterocycles. The van der Waals surface area contributed by atoms with Crippen LogP contribution in [0.2, 0.25) is 0 Å². The average Bonchev–Trinajstić information content (AvgIpc) is 2.70. The molecular weight excluding hydrogens is 250 g/mol. The van der Waals surface area contributed by atoms with Gasteiger partial charge in [0.1, 0.15) is 12.0 Å². The zero-order valence-electron chi connectivity index (χ0n) is 10.5. The van der Waals surface area contributed by atoms with E-state index in [1.54, 1.807) is 26.2 Å². The van der Waals surface area contributed by atoms with Crippen molar-refractivity contribution >= 4 is 11.4 Å². The predicted molar refractivity (Wildman–Crippen MR) is 69.2 cm³/mol. The monoisotopic (exact) mass is 263 g/mol. The molecule has 8 heteroatoms. The summed E-state index contributed by atoms with van der Waals surface area (Å²) in [5.41, 5.74) is 0.936. The van der Waals surface area contributed by atoms with Crippen molar-refractivity contribution in [1.82, 2.24) is 14.3 Å². The van der Waals surface area contributed by atoms with Crippen molar-refractivity contribution in [3.05, 3.63) is 50.7 Å². The Kier molecular flexibility index (Phi) is 3.32. The number of nitro benzene ring substituents is 1. The number of rotatable bonds is 4. The number of hydrogen-bond donors (Lipinski definition) is 1. The Bertz CT molecular complexity index is 673. The van der Waals surface area contributed by atoms with Crippen molar-refractivity contribution in [1.29, 1.82) is 0 Å². The lowest BCUT2D eigenvalue weighted by molar-refractivity contribution is -0.383. The number of aryl methyl sites for hydroxylation is 1. The van der Waals surface area contributed by atoms with Crippen LogP contribution < -0.4 is 11.0 Å². The van der Waals surface area contributed by atoms with Gasteiger partial charge in [-0.15, -0.1) is 0 Å². The lowest BCUT2D eigenvalue weighted by atomic mass is 10.1. The number of nitro groups is 1. The minimum atomic E-state index is -0.456. The topological polar surface area (TPSA) is 95.0 Å². The first-order valence-electron chi connectivity index (χ1n) is 5.56. The van der Waals surface area contributed by atoms with E-state index in [1.807, 2.05) is 0 Å². The van der Waals surface area contributed by atoms with E-state index >= 15 is 0 Å². The van der Waals surface area contributed by atoms with Gasteiger partial charge in [-0.25, -0.2) is 9.48 Å². The summed E-state index contributed by atoms with van der Waals surface area (Å²) in [5, 5.41) is 17.5. The molecule has 8 nitrogen and oxygen atoms in total. The summed E-state index contributed by atoms with van der Waals surface area (Å²) in [7, 11) is 3.22. The Morgan fingerprint density at radius 3 is 2.74 bits per heavy atom. The third kappa shape index (κ3) is 2.46.